The quantitative estimate of drug-likeness (QED) is 0.616. The molecule has 3 aliphatic rings. The molecule has 0 aromatic heterocycles. The van der Waals surface area contributed by atoms with Gasteiger partial charge in [-0.2, -0.15) is 0 Å². The molecule has 2 saturated heterocycles. The van der Waals surface area contributed by atoms with Gasteiger partial charge in [0.25, 0.3) is 0 Å². The second-order valence-electron chi connectivity index (χ2n) is 12.1. The van der Waals surface area contributed by atoms with Gasteiger partial charge in [0.15, 0.2) is 0 Å². The van der Waals surface area contributed by atoms with E-state index in [1.807, 2.05) is 0 Å². The average Bonchev–Trinajstić information content (AvgIpc) is 3.12. The molecule has 0 amide bonds. The van der Waals surface area contributed by atoms with Crippen LogP contribution >= 0.6 is 0 Å². The first-order chi connectivity index (χ1) is 15.8. The van der Waals surface area contributed by atoms with Gasteiger partial charge in [-0.3, -0.25) is 0 Å². The largest absolute Gasteiger partial charge is 0.495 e. The van der Waals surface area contributed by atoms with Gasteiger partial charge in [-0.15, -0.1) is 0 Å². The van der Waals surface area contributed by atoms with E-state index in [2.05, 4.69) is 91.8 Å². The zero-order valence-electron chi connectivity index (χ0n) is 22.1. The van der Waals surface area contributed by atoms with Crippen LogP contribution in [0.5, 0.6) is 0 Å². The highest BCUT2D eigenvalue weighted by Gasteiger charge is 2.55. The lowest BCUT2D eigenvalue weighted by Crippen LogP contribution is -2.45. The summed E-state index contributed by atoms with van der Waals surface area (Å²) in [6, 6.07) is 12.9. The maximum absolute atomic E-state index is 6.63. The van der Waals surface area contributed by atoms with Crippen LogP contribution in [0.15, 0.2) is 36.4 Å². The van der Waals surface area contributed by atoms with Crippen molar-refractivity contribution in [2.75, 3.05) is 0 Å². The molecule has 0 N–H and O–H groups in total. The van der Waals surface area contributed by atoms with Crippen LogP contribution in [-0.4, -0.2) is 36.6 Å². The summed E-state index contributed by atoms with van der Waals surface area (Å²) in [5.41, 5.74) is 5.84. The zero-order valence-corrected chi connectivity index (χ0v) is 22.1. The number of rotatable bonds is 3. The normalized spacial score (nSPS) is 24.4. The van der Waals surface area contributed by atoms with Crippen LogP contribution in [0.25, 0.3) is 11.1 Å². The summed E-state index contributed by atoms with van der Waals surface area (Å²) in [6.45, 7) is 17.0. The molecule has 0 bridgehead atoms. The SMILES string of the molecule is CC1(C)OB(c2cc(-c3ccccc3)c(B3OC(C)(C)C(C)(C)O3)c3c2CCCC3)OC1(C)C. The number of benzene rings is 2. The molecular weight excluding hydrogens is 422 g/mol. The van der Waals surface area contributed by atoms with E-state index in [1.54, 1.807) is 0 Å². The van der Waals surface area contributed by atoms with Crippen molar-refractivity contribution in [3.05, 3.63) is 47.5 Å². The van der Waals surface area contributed by atoms with Gasteiger partial charge in [-0.1, -0.05) is 36.4 Å². The molecule has 34 heavy (non-hydrogen) atoms. The number of hydrogen-bond donors (Lipinski definition) is 0. The fourth-order valence-electron chi connectivity index (χ4n) is 5.27. The lowest BCUT2D eigenvalue weighted by atomic mass is 9.62. The Bertz CT molecular complexity index is 1060. The van der Waals surface area contributed by atoms with Crippen molar-refractivity contribution in [2.24, 2.45) is 0 Å². The van der Waals surface area contributed by atoms with Crippen molar-refractivity contribution >= 4 is 25.2 Å². The van der Waals surface area contributed by atoms with Crippen molar-refractivity contribution in [3.63, 3.8) is 0 Å². The Morgan fingerprint density at radius 3 is 1.62 bits per heavy atom. The standard InChI is InChI=1S/C28H38B2O4/c1-25(2)26(3,4)32-29(31-25)23-18-22(19-14-10-9-11-15-19)24(21-17-13-12-16-20(21)23)30-33-27(5,6)28(7,8)34-30/h9-11,14-15,18H,12-13,16-17H2,1-8H3. The van der Waals surface area contributed by atoms with Gasteiger partial charge in [0.2, 0.25) is 0 Å². The van der Waals surface area contributed by atoms with Crippen molar-refractivity contribution < 1.29 is 18.6 Å². The summed E-state index contributed by atoms with van der Waals surface area (Å²) in [6.07, 6.45) is 4.38. The third kappa shape index (κ3) is 3.78. The third-order valence-corrected chi connectivity index (χ3v) is 8.81. The van der Waals surface area contributed by atoms with E-state index in [0.29, 0.717) is 0 Å². The van der Waals surface area contributed by atoms with E-state index < -0.39 is 18.3 Å². The summed E-state index contributed by atoms with van der Waals surface area (Å²) in [5, 5.41) is 0. The smallest absolute Gasteiger partial charge is 0.399 e. The van der Waals surface area contributed by atoms with Crippen molar-refractivity contribution in [1.82, 2.24) is 0 Å². The van der Waals surface area contributed by atoms with Crippen LogP contribution in [-0.2, 0) is 31.5 Å². The van der Waals surface area contributed by atoms with Gasteiger partial charge in [-0.05, 0) is 114 Å². The molecule has 0 radical (unpaired) electrons. The molecule has 2 fully saturated rings. The molecule has 4 nitrogen and oxygen atoms in total. The van der Waals surface area contributed by atoms with Gasteiger partial charge in [0.1, 0.15) is 0 Å². The summed E-state index contributed by atoms with van der Waals surface area (Å²) >= 11 is 0. The minimum Gasteiger partial charge on any atom is -0.399 e. The Kier molecular flexibility index (Phi) is 5.65. The highest BCUT2D eigenvalue weighted by Crippen LogP contribution is 2.40. The van der Waals surface area contributed by atoms with Gasteiger partial charge >= 0.3 is 14.2 Å². The van der Waals surface area contributed by atoms with Gasteiger partial charge in [0.05, 0.1) is 22.4 Å². The van der Waals surface area contributed by atoms with Gasteiger partial charge in [-0.25, -0.2) is 0 Å². The topological polar surface area (TPSA) is 36.9 Å². The number of fused-ring (bicyclic) bond motifs is 1. The predicted octanol–water partition coefficient (Wildman–Crippen LogP) is 4.83. The van der Waals surface area contributed by atoms with E-state index >= 15 is 0 Å². The van der Waals surface area contributed by atoms with Crippen molar-refractivity contribution in [1.29, 1.82) is 0 Å². The highest BCUT2D eigenvalue weighted by atomic mass is 16.7. The maximum atomic E-state index is 6.63. The Balaban J connectivity index is 1.72. The molecule has 2 aliphatic heterocycles. The minimum absolute atomic E-state index is 0.378. The first kappa shape index (κ1) is 24.1. The van der Waals surface area contributed by atoms with Gasteiger partial charge in [0, 0.05) is 0 Å². The molecule has 2 aromatic carbocycles. The van der Waals surface area contributed by atoms with E-state index in [-0.39, 0.29) is 18.3 Å². The Labute approximate surface area is 206 Å². The first-order valence-electron chi connectivity index (χ1n) is 12.8. The van der Waals surface area contributed by atoms with Crippen molar-refractivity contribution in [3.8, 4) is 11.1 Å². The minimum atomic E-state index is -0.403. The summed E-state index contributed by atoms with van der Waals surface area (Å²) < 4.78 is 26.4. The fourth-order valence-corrected chi connectivity index (χ4v) is 5.27. The average molecular weight is 460 g/mol. The van der Waals surface area contributed by atoms with E-state index in [4.69, 9.17) is 18.6 Å². The second-order valence-corrected chi connectivity index (χ2v) is 12.1. The highest BCUT2D eigenvalue weighted by molar-refractivity contribution is 6.66. The molecule has 0 unspecified atom stereocenters. The van der Waals surface area contributed by atoms with Crippen LogP contribution in [0, 0.1) is 0 Å². The molecule has 6 heteroatoms. The van der Waals surface area contributed by atoms with Crippen LogP contribution < -0.4 is 10.9 Å². The molecular formula is C28H38B2O4. The zero-order chi connectivity index (χ0) is 24.5. The van der Waals surface area contributed by atoms with Crippen molar-refractivity contribution in [2.45, 2.75) is 103 Å². The summed E-state index contributed by atoms with van der Waals surface area (Å²) in [4.78, 5) is 0. The van der Waals surface area contributed by atoms with E-state index in [9.17, 15) is 0 Å². The molecule has 1 aliphatic carbocycles. The lowest BCUT2D eigenvalue weighted by Gasteiger charge is -2.32. The van der Waals surface area contributed by atoms with Crippen LogP contribution in [0.3, 0.4) is 0 Å². The fraction of sp³-hybridized carbons (Fsp3) is 0.571. The van der Waals surface area contributed by atoms with Crippen LogP contribution in [0.2, 0.25) is 0 Å². The summed E-state index contributed by atoms with van der Waals surface area (Å²) in [7, 11) is -0.786. The molecule has 0 atom stereocenters. The Hall–Kier alpha value is -1.59. The molecule has 180 valence electrons. The monoisotopic (exact) mass is 460 g/mol. The van der Waals surface area contributed by atoms with E-state index in [0.717, 1.165) is 23.9 Å². The molecule has 5 rings (SSSR count). The molecule has 0 saturated carbocycles. The second kappa shape index (κ2) is 7.96. The third-order valence-electron chi connectivity index (χ3n) is 8.81. The number of hydrogen-bond acceptors (Lipinski definition) is 4. The molecule has 2 aromatic rings. The van der Waals surface area contributed by atoms with Crippen LogP contribution in [0.1, 0.15) is 79.4 Å². The summed E-state index contributed by atoms with van der Waals surface area (Å²) in [5.74, 6) is 0. The Morgan fingerprint density at radius 1 is 0.618 bits per heavy atom. The van der Waals surface area contributed by atoms with Crippen LogP contribution in [0.4, 0.5) is 0 Å². The maximum Gasteiger partial charge on any atom is 0.495 e. The first-order valence-corrected chi connectivity index (χ1v) is 12.8. The lowest BCUT2D eigenvalue weighted by molar-refractivity contribution is 0.00578. The Morgan fingerprint density at radius 2 is 1.09 bits per heavy atom. The van der Waals surface area contributed by atoms with E-state index in [1.165, 1.54) is 35.0 Å². The predicted molar refractivity (Wildman–Crippen MR) is 140 cm³/mol. The van der Waals surface area contributed by atoms with Gasteiger partial charge < -0.3 is 18.6 Å². The molecule has 2 heterocycles. The molecule has 0 spiro atoms.